The van der Waals surface area contributed by atoms with Gasteiger partial charge in [-0.1, -0.05) is 38.2 Å². The van der Waals surface area contributed by atoms with Crippen molar-refractivity contribution in [2.45, 2.75) is 204 Å². The number of methoxy groups -OCH3 is 1. The molecule has 4 rings (SSSR count). The van der Waals surface area contributed by atoms with Gasteiger partial charge in [-0.3, -0.25) is 9.59 Å². The standard InChI is InChI=1S/C46H78N2O15/c1-13-35(50)60-34-24-36(51)56-27(3)17-15-14-16-18-33(61-37-20-19-32(47(8)9)28(4)57-37)26(2)23-31(21-22-49)42(43(34)55-12)63-45-40(52)39(48(10)11)41(29(5)59-45)62-38-25-46(7,54)44(53)30(6)58-38/h14-16,18,22,26-34,37-45,52-54H,13,17,19-21,23-25H2,1-12H3/t26-,27-,28+,29-,30+,31+,32+,33+,34-,37+,38+,39-,40-,41-,42+,43+,44+,45+,46-/m1/s1. The van der Waals surface area contributed by atoms with Crippen LogP contribution in [0.25, 0.3) is 0 Å². The van der Waals surface area contributed by atoms with Gasteiger partial charge < -0.3 is 72.5 Å². The number of allylic oxidation sites excluding steroid dienone is 2. The van der Waals surface area contributed by atoms with E-state index in [9.17, 15) is 29.7 Å². The molecular weight excluding hydrogens is 821 g/mol. The normalized spacial score (nSPS) is 42.5. The summed E-state index contributed by atoms with van der Waals surface area (Å²) in [6, 6.07) is -0.510. The lowest BCUT2D eigenvalue weighted by molar-refractivity contribution is -0.344. The van der Waals surface area contributed by atoms with E-state index in [-0.39, 0.29) is 43.7 Å². The van der Waals surface area contributed by atoms with Gasteiger partial charge in [0.1, 0.15) is 42.9 Å². The zero-order valence-corrected chi connectivity index (χ0v) is 39.6. The average Bonchev–Trinajstić information content (AvgIpc) is 3.19. The molecule has 0 radical (unpaired) electrons. The summed E-state index contributed by atoms with van der Waals surface area (Å²) < 4.78 is 56.7. The van der Waals surface area contributed by atoms with E-state index in [1.807, 2.05) is 52.2 Å². The van der Waals surface area contributed by atoms with Crippen molar-refractivity contribution in [1.29, 1.82) is 0 Å². The molecule has 0 aromatic carbocycles. The van der Waals surface area contributed by atoms with Crippen LogP contribution in [0.5, 0.6) is 0 Å². The predicted molar refractivity (Wildman–Crippen MR) is 231 cm³/mol. The van der Waals surface area contributed by atoms with Crippen LogP contribution in [0.4, 0.5) is 0 Å². The highest BCUT2D eigenvalue weighted by Gasteiger charge is 2.52. The summed E-state index contributed by atoms with van der Waals surface area (Å²) in [5.74, 6) is -2.12. The first-order valence-corrected chi connectivity index (χ1v) is 22.7. The minimum atomic E-state index is -1.49. The lowest BCUT2D eigenvalue weighted by Gasteiger charge is -2.50. The maximum Gasteiger partial charge on any atom is 0.309 e. The molecule has 17 nitrogen and oxygen atoms in total. The molecule has 3 saturated heterocycles. The number of nitrogens with zero attached hydrogens (tertiary/aromatic N) is 2. The van der Waals surface area contributed by atoms with Gasteiger partial charge in [-0.05, 0) is 93.9 Å². The van der Waals surface area contributed by atoms with Crippen LogP contribution in [-0.4, -0.2) is 182 Å². The molecule has 63 heavy (non-hydrogen) atoms. The van der Waals surface area contributed by atoms with E-state index in [4.69, 9.17) is 42.6 Å². The van der Waals surface area contributed by atoms with E-state index in [0.717, 1.165) is 12.7 Å². The third-order valence-electron chi connectivity index (χ3n) is 12.9. The van der Waals surface area contributed by atoms with Gasteiger partial charge in [0.25, 0.3) is 0 Å². The van der Waals surface area contributed by atoms with Crippen molar-refractivity contribution in [1.82, 2.24) is 9.80 Å². The first-order chi connectivity index (χ1) is 29.7. The highest BCUT2D eigenvalue weighted by Crippen LogP contribution is 2.38. The largest absolute Gasteiger partial charge is 0.462 e. The summed E-state index contributed by atoms with van der Waals surface area (Å²) >= 11 is 0. The zero-order valence-electron chi connectivity index (χ0n) is 39.6. The fourth-order valence-corrected chi connectivity index (χ4v) is 9.44. The molecule has 0 aromatic heterocycles. The van der Waals surface area contributed by atoms with Crippen molar-refractivity contribution in [2.75, 3.05) is 35.3 Å². The van der Waals surface area contributed by atoms with Crippen LogP contribution in [0.3, 0.4) is 0 Å². The Balaban J connectivity index is 1.74. The van der Waals surface area contributed by atoms with Gasteiger partial charge in [-0.15, -0.1) is 0 Å². The van der Waals surface area contributed by atoms with Gasteiger partial charge in [0.15, 0.2) is 18.9 Å². The Labute approximate surface area is 374 Å². The molecule has 0 amide bonds. The van der Waals surface area contributed by atoms with Gasteiger partial charge in [-0.2, -0.15) is 0 Å². The summed E-state index contributed by atoms with van der Waals surface area (Å²) in [7, 11) is 9.04. The lowest BCUT2D eigenvalue weighted by Crippen LogP contribution is -2.65. The second-order valence-corrected chi connectivity index (χ2v) is 18.6. The SMILES string of the molecule is CCC(=O)O[C@@H]1CC(=O)O[C@H](C)CC=CC=C[C@H](O[C@H]2CC[C@H](N(C)C)[C@H](C)O2)[C@H](C)C[C@H](CC=O)[C@H](O[C@@H]2O[C@H](C)[C@@H](O[C@H]3C[C@@](C)(O)[C@@H](O)[C@H](C)O3)[C@H](N(C)C)[C@H]2O)[C@H]1OC. The quantitative estimate of drug-likeness (QED) is 0.180. The average molecular weight is 899 g/mol. The van der Waals surface area contributed by atoms with Crippen molar-refractivity contribution in [2.24, 2.45) is 11.8 Å². The Morgan fingerprint density at radius 1 is 0.905 bits per heavy atom. The van der Waals surface area contributed by atoms with Crippen molar-refractivity contribution in [3.05, 3.63) is 24.3 Å². The van der Waals surface area contributed by atoms with Crippen LogP contribution < -0.4 is 0 Å². The van der Waals surface area contributed by atoms with Crippen LogP contribution in [0.2, 0.25) is 0 Å². The van der Waals surface area contributed by atoms with Crippen LogP contribution in [0.15, 0.2) is 24.3 Å². The molecule has 4 aliphatic heterocycles. The number of cyclic esters (lactones) is 1. The zero-order chi connectivity index (χ0) is 46.8. The number of aldehydes is 1. The summed E-state index contributed by atoms with van der Waals surface area (Å²) in [5.41, 5.74) is -1.49. The number of ether oxygens (including phenoxy) is 9. The molecule has 4 aliphatic rings. The first-order valence-electron chi connectivity index (χ1n) is 22.7. The Bertz CT molecular complexity index is 1490. The number of aliphatic hydroxyl groups is 3. The van der Waals surface area contributed by atoms with E-state index >= 15 is 0 Å². The molecule has 17 heteroatoms. The molecule has 0 bridgehead atoms. The van der Waals surface area contributed by atoms with E-state index in [2.05, 4.69) is 4.90 Å². The topological polar surface area (TPSA) is 201 Å². The van der Waals surface area contributed by atoms with Gasteiger partial charge in [0.05, 0.1) is 48.6 Å². The Hall–Kier alpha value is -2.39. The van der Waals surface area contributed by atoms with E-state index in [0.29, 0.717) is 19.3 Å². The predicted octanol–water partition coefficient (Wildman–Crippen LogP) is 3.29. The highest BCUT2D eigenvalue weighted by molar-refractivity contribution is 5.72. The molecule has 3 N–H and O–H groups in total. The van der Waals surface area contributed by atoms with Gasteiger partial charge in [-0.25, -0.2) is 0 Å². The van der Waals surface area contributed by atoms with Crippen molar-refractivity contribution in [3.63, 3.8) is 0 Å². The maximum atomic E-state index is 13.5. The Morgan fingerprint density at radius 2 is 1.60 bits per heavy atom. The van der Waals surface area contributed by atoms with Gasteiger partial charge >= 0.3 is 11.9 Å². The van der Waals surface area contributed by atoms with E-state index in [1.54, 1.807) is 46.7 Å². The van der Waals surface area contributed by atoms with Gasteiger partial charge in [0, 0.05) is 38.8 Å². The molecule has 0 unspecified atom stereocenters. The van der Waals surface area contributed by atoms with Crippen LogP contribution in [-0.2, 0) is 57.0 Å². The minimum Gasteiger partial charge on any atom is -0.462 e. The molecule has 4 heterocycles. The lowest BCUT2D eigenvalue weighted by atomic mass is 9.82. The molecule has 0 aromatic rings. The number of aliphatic hydroxyl groups excluding tert-OH is 2. The number of carbonyl (C=O) groups excluding carboxylic acids is 3. The fraction of sp³-hybridized carbons (Fsp3) is 0.848. The summed E-state index contributed by atoms with van der Waals surface area (Å²) in [4.78, 5) is 43.2. The summed E-state index contributed by atoms with van der Waals surface area (Å²) in [6.45, 7) is 12.4. The number of hydrogen-bond acceptors (Lipinski definition) is 17. The molecular formula is C46H78N2O15. The molecule has 0 saturated carbocycles. The highest BCUT2D eigenvalue weighted by atomic mass is 16.7. The van der Waals surface area contributed by atoms with Gasteiger partial charge in [0.2, 0.25) is 0 Å². The molecule has 362 valence electrons. The maximum absolute atomic E-state index is 13.5. The second kappa shape index (κ2) is 24.4. The number of hydrogen-bond donors (Lipinski definition) is 3. The van der Waals surface area contributed by atoms with Crippen LogP contribution >= 0.6 is 0 Å². The van der Waals surface area contributed by atoms with Crippen molar-refractivity contribution in [3.8, 4) is 0 Å². The van der Waals surface area contributed by atoms with E-state index in [1.165, 1.54) is 14.0 Å². The third-order valence-corrected chi connectivity index (χ3v) is 12.9. The summed E-state index contributed by atoms with van der Waals surface area (Å²) in [6.07, 6.45) is -1.76. The summed E-state index contributed by atoms with van der Waals surface area (Å²) in [5, 5.41) is 33.7. The second-order valence-electron chi connectivity index (χ2n) is 18.6. The molecule has 0 spiro atoms. The van der Waals surface area contributed by atoms with Crippen molar-refractivity contribution >= 4 is 18.2 Å². The number of esters is 2. The van der Waals surface area contributed by atoms with E-state index < -0.39 is 109 Å². The van der Waals surface area contributed by atoms with Crippen LogP contribution in [0.1, 0.15) is 99.8 Å². The fourth-order valence-electron chi connectivity index (χ4n) is 9.44. The first kappa shape index (κ1) is 53.2. The number of carbonyl (C=O) groups is 3. The molecule has 3 fully saturated rings. The smallest absolute Gasteiger partial charge is 0.309 e. The third kappa shape index (κ3) is 14.5. The monoisotopic (exact) mass is 899 g/mol. The van der Waals surface area contributed by atoms with Crippen LogP contribution in [0, 0.1) is 11.8 Å². The number of rotatable bonds is 13. The Kier molecular flexibility index (Phi) is 20.6. The molecule has 0 aliphatic carbocycles. The molecule has 19 atom stereocenters. The minimum absolute atomic E-state index is 0.0117. The Morgan fingerprint density at radius 3 is 2.21 bits per heavy atom. The number of likely N-dealkylation sites (N-methyl/N-ethyl adjacent to an activating group) is 2. The van der Waals surface area contributed by atoms with Crippen molar-refractivity contribution < 1.29 is 72.3 Å².